The number of nitrogens with one attached hydrogen (secondary N) is 1. The van der Waals surface area contributed by atoms with Crippen molar-refractivity contribution in [2.45, 2.75) is 19.4 Å². The zero-order valence-corrected chi connectivity index (χ0v) is 13.3. The summed E-state index contributed by atoms with van der Waals surface area (Å²) in [5.74, 6) is -0.205. The van der Waals surface area contributed by atoms with Crippen LogP contribution in [-0.4, -0.2) is 20.1 Å². The summed E-state index contributed by atoms with van der Waals surface area (Å²) in [6.45, 7) is 2.10. The molecule has 0 spiro atoms. The van der Waals surface area contributed by atoms with Crippen LogP contribution in [0.15, 0.2) is 42.5 Å². The maximum Gasteiger partial charge on any atom is 0.123 e. The van der Waals surface area contributed by atoms with Crippen molar-refractivity contribution in [3.8, 4) is 0 Å². The van der Waals surface area contributed by atoms with Gasteiger partial charge in [-0.2, -0.15) is 0 Å². The largest absolute Gasteiger partial charge is 0.381 e. The number of anilines is 2. The Balaban J connectivity index is 2.11. The number of nitrogens with zero attached hydrogens (tertiary/aromatic N) is 1. The minimum atomic E-state index is -0.205. The van der Waals surface area contributed by atoms with E-state index < -0.39 is 0 Å². The van der Waals surface area contributed by atoms with Crippen molar-refractivity contribution in [2.75, 3.05) is 24.3 Å². The van der Waals surface area contributed by atoms with E-state index in [9.17, 15) is 4.39 Å². The Labute approximate surface area is 130 Å². The number of para-hydroxylation sites is 1. The molecule has 21 heavy (non-hydrogen) atoms. The SMILES string of the molecule is CC(Cc1ccc(F)cc1)Nc1cccc(Cl)c1N(C)C. The van der Waals surface area contributed by atoms with E-state index in [1.165, 1.54) is 12.1 Å². The maximum absolute atomic E-state index is 12.9. The van der Waals surface area contributed by atoms with E-state index in [2.05, 4.69) is 12.2 Å². The maximum atomic E-state index is 12.9. The van der Waals surface area contributed by atoms with Crippen molar-refractivity contribution in [3.05, 3.63) is 58.9 Å². The Kier molecular flexibility index (Phi) is 5.07. The van der Waals surface area contributed by atoms with Gasteiger partial charge >= 0.3 is 0 Å². The van der Waals surface area contributed by atoms with Crippen LogP contribution in [-0.2, 0) is 6.42 Å². The second kappa shape index (κ2) is 6.81. The van der Waals surface area contributed by atoms with Crippen molar-refractivity contribution in [2.24, 2.45) is 0 Å². The van der Waals surface area contributed by atoms with Gasteiger partial charge in [-0.25, -0.2) is 4.39 Å². The van der Waals surface area contributed by atoms with E-state index >= 15 is 0 Å². The fraction of sp³-hybridized carbons (Fsp3) is 0.294. The molecule has 112 valence electrons. The third kappa shape index (κ3) is 4.11. The first-order chi connectivity index (χ1) is 9.97. The normalized spacial score (nSPS) is 12.0. The van der Waals surface area contributed by atoms with Crippen molar-refractivity contribution in [1.29, 1.82) is 0 Å². The summed E-state index contributed by atoms with van der Waals surface area (Å²) >= 11 is 6.26. The second-order valence-electron chi connectivity index (χ2n) is 5.41. The lowest BCUT2D eigenvalue weighted by molar-refractivity contribution is 0.626. The summed E-state index contributed by atoms with van der Waals surface area (Å²) in [5.41, 5.74) is 3.08. The fourth-order valence-electron chi connectivity index (χ4n) is 2.38. The van der Waals surface area contributed by atoms with Gasteiger partial charge in [-0.1, -0.05) is 29.8 Å². The standard InChI is InChI=1S/C17H20ClFN2/c1-12(11-13-7-9-14(19)10-8-13)20-16-6-4-5-15(18)17(16)21(2)3/h4-10,12,20H,11H2,1-3H3. The van der Waals surface area contributed by atoms with Crippen LogP contribution in [0.4, 0.5) is 15.8 Å². The zero-order valence-electron chi connectivity index (χ0n) is 12.5. The molecule has 0 heterocycles. The van der Waals surface area contributed by atoms with Gasteiger partial charge in [-0.05, 0) is 43.2 Å². The topological polar surface area (TPSA) is 15.3 Å². The molecule has 0 aliphatic carbocycles. The molecule has 4 heteroatoms. The quantitative estimate of drug-likeness (QED) is 0.869. The lowest BCUT2D eigenvalue weighted by Crippen LogP contribution is -2.21. The minimum Gasteiger partial charge on any atom is -0.381 e. The van der Waals surface area contributed by atoms with Crippen LogP contribution in [0, 0.1) is 5.82 Å². The molecule has 0 saturated carbocycles. The summed E-state index contributed by atoms with van der Waals surface area (Å²) in [4.78, 5) is 2.00. The predicted octanol–water partition coefficient (Wildman–Crippen LogP) is 4.59. The van der Waals surface area contributed by atoms with Crippen LogP contribution in [0.2, 0.25) is 5.02 Å². The van der Waals surface area contributed by atoms with Gasteiger partial charge in [0.15, 0.2) is 0 Å². The summed E-state index contributed by atoms with van der Waals surface area (Å²) < 4.78 is 12.9. The highest BCUT2D eigenvalue weighted by molar-refractivity contribution is 6.34. The highest BCUT2D eigenvalue weighted by atomic mass is 35.5. The van der Waals surface area contributed by atoms with Gasteiger partial charge in [0.2, 0.25) is 0 Å². The van der Waals surface area contributed by atoms with E-state index in [0.717, 1.165) is 28.4 Å². The third-order valence-corrected chi connectivity index (χ3v) is 3.60. The lowest BCUT2D eigenvalue weighted by atomic mass is 10.1. The van der Waals surface area contributed by atoms with Crippen LogP contribution in [0.3, 0.4) is 0 Å². The first-order valence-electron chi connectivity index (χ1n) is 6.94. The van der Waals surface area contributed by atoms with Crippen LogP contribution in [0.25, 0.3) is 0 Å². The monoisotopic (exact) mass is 306 g/mol. The van der Waals surface area contributed by atoms with Gasteiger partial charge in [0.1, 0.15) is 5.82 Å². The molecule has 2 aromatic rings. The van der Waals surface area contributed by atoms with E-state index in [1.54, 1.807) is 0 Å². The van der Waals surface area contributed by atoms with Crippen molar-refractivity contribution < 1.29 is 4.39 Å². The Morgan fingerprint density at radius 2 is 1.81 bits per heavy atom. The molecule has 0 saturated heterocycles. The van der Waals surface area contributed by atoms with Crippen LogP contribution in [0.1, 0.15) is 12.5 Å². The molecular formula is C17H20ClFN2. The number of halogens is 2. The number of hydrogen-bond acceptors (Lipinski definition) is 2. The van der Waals surface area contributed by atoms with Gasteiger partial charge < -0.3 is 10.2 Å². The fourth-order valence-corrected chi connectivity index (χ4v) is 2.72. The van der Waals surface area contributed by atoms with Crippen LogP contribution < -0.4 is 10.2 Å². The van der Waals surface area contributed by atoms with Gasteiger partial charge in [0.05, 0.1) is 16.4 Å². The molecule has 0 amide bonds. The van der Waals surface area contributed by atoms with E-state index in [1.807, 2.05) is 49.3 Å². The summed E-state index contributed by atoms with van der Waals surface area (Å²) in [5, 5.41) is 4.20. The Morgan fingerprint density at radius 1 is 1.14 bits per heavy atom. The van der Waals surface area contributed by atoms with Crippen LogP contribution >= 0.6 is 11.6 Å². The highest BCUT2D eigenvalue weighted by Crippen LogP contribution is 2.33. The summed E-state index contributed by atoms with van der Waals surface area (Å²) in [6.07, 6.45) is 0.819. The molecule has 2 aromatic carbocycles. The lowest BCUT2D eigenvalue weighted by Gasteiger charge is -2.23. The van der Waals surface area contributed by atoms with Gasteiger partial charge in [-0.3, -0.25) is 0 Å². The minimum absolute atomic E-state index is 0.205. The number of rotatable bonds is 5. The zero-order chi connectivity index (χ0) is 15.4. The first kappa shape index (κ1) is 15.6. The molecule has 1 unspecified atom stereocenters. The molecule has 0 fully saturated rings. The van der Waals surface area contributed by atoms with E-state index in [-0.39, 0.29) is 11.9 Å². The number of hydrogen-bond donors (Lipinski definition) is 1. The smallest absolute Gasteiger partial charge is 0.123 e. The average molecular weight is 307 g/mol. The van der Waals surface area contributed by atoms with Crippen molar-refractivity contribution in [3.63, 3.8) is 0 Å². The van der Waals surface area contributed by atoms with E-state index in [0.29, 0.717) is 0 Å². The first-order valence-corrected chi connectivity index (χ1v) is 7.32. The molecule has 2 nitrogen and oxygen atoms in total. The second-order valence-corrected chi connectivity index (χ2v) is 5.81. The number of benzene rings is 2. The van der Waals surface area contributed by atoms with Crippen molar-refractivity contribution >= 4 is 23.0 Å². The molecule has 0 aliphatic rings. The van der Waals surface area contributed by atoms with Gasteiger partial charge in [-0.15, -0.1) is 0 Å². The third-order valence-electron chi connectivity index (χ3n) is 3.29. The molecule has 0 radical (unpaired) electrons. The molecule has 1 N–H and O–H groups in total. The van der Waals surface area contributed by atoms with Crippen molar-refractivity contribution in [1.82, 2.24) is 0 Å². The Hall–Kier alpha value is -1.74. The van der Waals surface area contributed by atoms with E-state index in [4.69, 9.17) is 11.6 Å². The molecule has 1 atom stereocenters. The highest BCUT2D eigenvalue weighted by Gasteiger charge is 2.11. The average Bonchev–Trinajstić information content (AvgIpc) is 2.41. The Bertz CT molecular complexity index is 596. The van der Waals surface area contributed by atoms with Gasteiger partial charge in [0.25, 0.3) is 0 Å². The van der Waals surface area contributed by atoms with Gasteiger partial charge in [0, 0.05) is 20.1 Å². The Morgan fingerprint density at radius 3 is 2.43 bits per heavy atom. The molecule has 2 rings (SSSR count). The molecule has 0 aliphatic heterocycles. The predicted molar refractivity (Wildman–Crippen MR) is 89.0 cm³/mol. The molecular weight excluding hydrogens is 287 g/mol. The molecule has 0 bridgehead atoms. The molecule has 0 aromatic heterocycles. The summed E-state index contributed by atoms with van der Waals surface area (Å²) in [7, 11) is 3.94. The summed E-state index contributed by atoms with van der Waals surface area (Å²) in [6, 6.07) is 12.7. The van der Waals surface area contributed by atoms with Crippen LogP contribution in [0.5, 0.6) is 0 Å².